The zero-order valence-corrected chi connectivity index (χ0v) is 49.2. The summed E-state index contributed by atoms with van der Waals surface area (Å²) in [6.45, 7) is 6.78. The van der Waals surface area contributed by atoms with Gasteiger partial charge in [-0.05, 0) is 103 Å². The largest absolute Gasteiger partial charge is 0.326 e. The van der Waals surface area contributed by atoms with Crippen molar-refractivity contribution in [3.8, 4) is 0 Å². The zero-order valence-electron chi connectivity index (χ0n) is 42.6. The molecule has 0 aliphatic heterocycles. The molecule has 0 aliphatic carbocycles. The van der Waals surface area contributed by atoms with Crippen LogP contribution in [0.2, 0.25) is 0 Å². The maximum atomic E-state index is 12.1. The summed E-state index contributed by atoms with van der Waals surface area (Å²) < 4.78 is 106. The van der Waals surface area contributed by atoms with Gasteiger partial charge in [0.25, 0.3) is 40.1 Å². The Morgan fingerprint density at radius 3 is 0.825 bits per heavy atom. The molecule has 0 fully saturated rings. The lowest BCUT2D eigenvalue weighted by atomic mass is 10.3. The first kappa shape index (κ1) is 63.1. The minimum absolute atomic E-state index is 0. The summed E-state index contributed by atoms with van der Waals surface area (Å²) >= 11 is 4.80. The van der Waals surface area contributed by atoms with Crippen LogP contribution in [0.1, 0.15) is 59.1 Å². The molecule has 0 saturated heterocycles. The fraction of sp³-hybridized carbons (Fsp3) is 0.167. The van der Waals surface area contributed by atoms with Crippen molar-refractivity contribution in [3.63, 3.8) is 0 Å². The van der Waals surface area contributed by atoms with Crippen molar-refractivity contribution in [2.45, 2.75) is 73.0 Å². The maximum absolute atomic E-state index is 12.1. The number of carbonyl (C=O) groups excluding carboxylic acids is 4. The molecule has 4 heterocycles. The summed E-state index contributed by atoms with van der Waals surface area (Å²) in [5.41, 5.74) is 2.23. The maximum Gasteiger partial charge on any atom is 0.263 e. The standard InChI is InChI=1S/C13H15N3O3S2.2C12H13N3O3S2.C11H11N3O3S2.4H2/c1-2-3-12(17)15-10-4-6-11(7-5-10)21(18,19)16-13-14-8-9-20-13;2*1-2-11(16)14-9-3-5-10(6-4-9)20(17,18)15-12-13-7-8-19-12;1-8(15)13-9-2-4-10(5-3-9)19(16,17)14-11-12-6-7-18-11;;;;/h4-9H,2-3H2,1H3,(H,14,16)(H,15,17);2*3-8H,2H2,1H3,(H,13,15)(H,14,16);2-7H,1H3,(H,12,14)(H,13,15);4*1H/i;;;;4*1+2. The van der Waals surface area contributed by atoms with Crippen LogP contribution in [0.3, 0.4) is 0 Å². The van der Waals surface area contributed by atoms with Gasteiger partial charge < -0.3 is 21.3 Å². The van der Waals surface area contributed by atoms with Crippen molar-refractivity contribution in [3.05, 3.63) is 143 Å². The molecule has 80 heavy (non-hydrogen) atoms. The molecule has 8 N–H and O–H groups in total. The second kappa shape index (κ2) is 30.0. The van der Waals surface area contributed by atoms with Gasteiger partial charge in [0.15, 0.2) is 20.5 Å². The molecule has 0 saturated carbocycles. The first-order chi connectivity index (χ1) is 38.0. The number of amides is 4. The third-order valence-corrected chi connectivity index (χ3v) is 18.3. The molecule has 0 spiro atoms. The molecule has 8 rings (SSSR count). The Balaban J connectivity index is 0.000000552. The Kier molecular flexibility index (Phi) is 23.7. The normalized spacial score (nSPS) is 11.1. The van der Waals surface area contributed by atoms with Gasteiger partial charge in [0.2, 0.25) is 23.6 Å². The van der Waals surface area contributed by atoms with Gasteiger partial charge in [-0.3, -0.25) is 38.1 Å². The van der Waals surface area contributed by atoms with E-state index in [-0.39, 0.29) is 48.9 Å². The molecular formula is C48H60N12O12S8. The van der Waals surface area contributed by atoms with Crippen molar-refractivity contribution in [1.82, 2.24) is 19.9 Å². The van der Waals surface area contributed by atoms with Crippen LogP contribution in [-0.2, 0) is 59.3 Å². The number of nitrogens with one attached hydrogen (secondary N) is 8. The molecule has 0 atom stereocenters. The summed E-state index contributed by atoms with van der Waals surface area (Å²) in [5, 5.41) is 18.5. The van der Waals surface area contributed by atoms with Crippen molar-refractivity contribution in [1.29, 1.82) is 0 Å². The van der Waals surface area contributed by atoms with E-state index in [2.05, 4.69) is 60.1 Å². The van der Waals surface area contributed by atoms with E-state index in [4.69, 9.17) is 0 Å². The molecule has 8 aromatic rings. The summed E-state index contributed by atoms with van der Waals surface area (Å²) in [5.74, 6) is -0.548. The molecule has 4 amide bonds. The molecule has 0 unspecified atom stereocenters. The highest BCUT2D eigenvalue weighted by molar-refractivity contribution is 7.93. The fourth-order valence-corrected chi connectivity index (χ4v) is 13.0. The Bertz CT molecular complexity index is 3610. The predicted octanol–water partition coefficient (Wildman–Crippen LogP) is 10.2. The molecule has 0 bridgehead atoms. The topological polar surface area (TPSA) is 353 Å². The third kappa shape index (κ3) is 20.8. The van der Waals surface area contributed by atoms with Crippen LogP contribution in [0.5, 0.6) is 0 Å². The lowest BCUT2D eigenvalue weighted by Crippen LogP contribution is -2.13. The second-order valence-corrected chi connectivity index (χ2v) is 26.0. The SMILES string of the molecule is CC(=O)Nc1ccc(S(=O)(=O)Nc2nccs2)cc1.CCC(=O)Nc1ccc(S(=O)(=O)Nc2nccs2)cc1.CCC(=O)Nc1ccc(S(=O)(=O)Nc2nccs2)cc1.CCCC(=O)Nc1ccc(S(=O)(=O)Nc2nccs2)cc1.[3HH].[3HH].[3HH].[3HH]. The lowest BCUT2D eigenvalue weighted by molar-refractivity contribution is -0.116. The number of benzene rings is 4. The van der Waals surface area contributed by atoms with Crippen LogP contribution in [0.25, 0.3) is 0 Å². The average molecular weight is 1260 g/mol. The lowest BCUT2D eigenvalue weighted by Gasteiger charge is -2.07. The number of aromatic nitrogens is 4. The molecule has 0 radical (unpaired) electrons. The molecular weight excluding hydrogens is 1190 g/mol. The van der Waals surface area contributed by atoms with E-state index >= 15 is 0 Å². The summed E-state index contributed by atoms with van der Waals surface area (Å²) in [7, 11) is -14.6. The van der Waals surface area contributed by atoms with E-state index in [0.717, 1.165) is 6.42 Å². The first-order valence-corrected chi connectivity index (χ1v) is 32.7. The van der Waals surface area contributed by atoms with Gasteiger partial charge in [0, 0.05) is 101 Å². The smallest absolute Gasteiger partial charge is 0.263 e. The monoisotopic (exact) mass is 1260 g/mol. The van der Waals surface area contributed by atoms with Gasteiger partial charge in [-0.15, -0.1) is 45.3 Å². The van der Waals surface area contributed by atoms with Crippen molar-refractivity contribution in [2.24, 2.45) is 0 Å². The number of hydrogen-bond acceptors (Lipinski definition) is 20. The Labute approximate surface area is 484 Å². The number of carbonyl (C=O) groups is 4. The van der Waals surface area contributed by atoms with Crippen LogP contribution in [-0.4, -0.2) is 77.2 Å². The van der Waals surface area contributed by atoms with Crippen molar-refractivity contribution < 1.29 is 58.6 Å². The van der Waals surface area contributed by atoms with Crippen LogP contribution < -0.4 is 40.2 Å². The summed E-state index contributed by atoms with van der Waals surface area (Å²) in [4.78, 5) is 60.7. The van der Waals surface area contributed by atoms with Crippen molar-refractivity contribution in [2.75, 3.05) is 40.2 Å². The summed E-state index contributed by atoms with van der Waals surface area (Å²) in [6, 6.07) is 23.8. The number of hydrogen-bond donors (Lipinski definition) is 8. The number of anilines is 8. The minimum atomic E-state index is -3.65. The molecule has 4 aromatic heterocycles. The predicted molar refractivity (Wildman–Crippen MR) is 322 cm³/mol. The third-order valence-electron chi connectivity index (χ3n) is 9.57. The van der Waals surface area contributed by atoms with Crippen LogP contribution in [0.4, 0.5) is 43.3 Å². The van der Waals surface area contributed by atoms with Gasteiger partial charge in [-0.2, -0.15) is 0 Å². The number of rotatable bonds is 20. The van der Waals surface area contributed by atoms with E-state index in [9.17, 15) is 52.8 Å². The van der Waals surface area contributed by atoms with E-state index < -0.39 is 40.1 Å². The van der Waals surface area contributed by atoms with Gasteiger partial charge in [-0.1, -0.05) is 20.8 Å². The molecule has 0 aliphatic rings. The highest BCUT2D eigenvalue weighted by Gasteiger charge is 2.19. The van der Waals surface area contributed by atoms with E-state index in [1.54, 1.807) is 71.8 Å². The van der Waals surface area contributed by atoms with E-state index in [1.807, 2.05) is 6.92 Å². The zero-order chi connectivity index (χ0) is 58.4. The van der Waals surface area contributed by atoms with Crippen LogP contribution in [0.15, 0.2) is 163 Å². The van der Waals surface area contributed by atoms with E-state index in [1.165, 1.54) is 138 Å². The average Bonchev–Trinajstić information content (AvgIpc) is 4.37. The first-order valence-electron chi connectivity index (χ1n) is 23.3. The number of nitrogens with zero attached hydrogens (tertiary/aromatic N) is 4. The highest BCUT2D eigenvalue weighted by atomic mass is 32.2. The van der Waals surface area contributed by atoms with Crippen LogP contribution in [0, 0.1) is 0 Å². The van der Waals surface area contributed by atoms with Crippen LogP contribution >= 0.6 is 45.3 Å². The molecule has 24 nitrogen and oxygen atoms in total. The minimum Gasteiger partial charge on any atom is -0.326 e. The fourth-order valence-electron chi connectivity index (χ4n) is 5.81. The van der Waals surface area contributed by atoms with Gasteiger partial charge >= 0.3 is 0 Å². The number of thiazole rings is 4. The second-order valence-electron chi connectivity index (χ2n) is 15.7. The Hall–Kier alpha value is -7.72. The van der Waals surface area contributed by atoms with Gasteiger partial charge in [0.05, 0.1) is 19.6 Å². The van der Waals surface area contributed by atoms with E-state index in [0.29, 0.717) is 62.5 Å². The Morgan fingerprint density at radius 1 is 0.388 bits per heavy atom. The Morgan fingerprint density at radius 2 is 0.625 bits per heavy atom. The number of sulfonamides is 4. The van der Waals surface area contributed by atoms with Gasteiger partial charge in [0.1, 0.15) is 0 Å². The van der Waals surface area contributed by atoms with Gasteiger partial charge in [-0.25, -0.2) is 53.6 Å². The highest BCUT2D eigenvalue weighted by Crippen LogP contribution is 2.24. The van der Waals surface area contributed by atoms with Crippen molar-refractivity contribution >= 4 is 152 Å². The molecule has 32 heteroatoms. The molecule has 4 aromatic carbocycles. The quantitative estimate of drug-likeness (QED) is 0.0352. The summed E-state index contributed by atoms with van der Waals surface area (Å²) in [6.07, 6.45) is 8.01. The molecule has 432 valence electrons.